The van der Waals surface area contributed by atoms with Gasteiger partial charge in [0.25, 0.3) is 5.91 Å². The first-order chi connectivity index (χ1) is 17.1. The second kappa shape index (κ2) is 11.8. The van der Waals surface area contributed by atoms with Crippen LogP contribution in [0.4, 0.5) is 5.69 Å². The lowest BCUT2D eigenvalue weighted by Crippen LogP contribution is -2.49. The van der Waals surface area contributed by atoms with E-state index < -0.39 is 5.97 Å². The Hall–Kier alpha value is -3.42. The molecule has 2 aliphatic rings. The Balaban J connectivity index is 1.39. The Morgan fingerprint density at radius 1 is 1.09 bits per heavy atom. The Morgan fingerprint density at radius 2 is 1.80 bits per heavy atom. The normalized spacial score (nSPS) is 19.3. The fourth-order valence-electron chi connectivity index (χ4n) is 4.60. The molecule has 0 spiro atoms. The van der Waals surface area contributed by atoms with E-state index in [1.54, 1.807) is 35.2 Å². The number of β-lactam (4-membered cyclic amide) rings is 1. The number of ether oxygens (including phenoxy) is 1. The second-order valence-electron chi connectivity index (χ2n) is 8.86. The summed E-state index contributed by atoms with van der Waals surface area (Å²) in [6.45, 7) is 7.99. The van der Waals surface area contributed by atoms with Crippen LogP contribution in [0.5, 0.6) is 0 Å². The molecular weight excluding hydrogens is 442 g/mol. The predicted octanol–water partition coefficient (Wildman–Crippen LogP) is 4.40. The van der Waals surface area contributed by atoms with Crippen LogP contribution in [0.3, 0.4) is 0 Å². The van der Waals surface area contributed by atoms with Crippen molar-refractivity contribution >= 4 is 17.6 Å². The number of piperidine rings is 1. The second-order valence-corrected chi connectivity index (χ2v) is 8.86. The smallest absolute Gasteiger partial charge is 0.337 e. The van der Waals surface area contributed by atoms with E-state index in [0.29, 0.717) is 29.1 Å². The van der Waals surface area contributed by atoms with Gasteiger partial charge in [-0.25, -0.2) is 4.79 Å². The molecule has 1 amide bonds. The van der Waals surface area contributed by atoms with Crippen LogP contribution in [0, 0.1) is 0 Å². The van der Waals surface area contributed by atoms with Gasteiger partial charge in [0, 0.05) is 17.8 Å². The van der Waals surface area contributed by atoms with Crippen molar-refractivity contribution in [3.63, 3.8) is 0 Å². The van der Waals surface area contributed by atoms with Gasteiger partial charge in [-0.15, -0.1) is 0 Å². The summed E-state index contributed by atoms with van der Waals surface area (Å²) in [6.07, 6.45) is 6.60. The van der Waals surface area contributed by atoms with E-state index in [9.17, 15) is 9.59 Å². The lowest BCUT2D eigenvalue weighted by Gasteiger charge is -2.43. The molecule has 7 heteroatoms. The quantitative estimate of drug-likeness (QED) is 0.181. The fraction of sp³-hybridized carbons (Fsp3) is 0.357. The van der Waals surface area contributed by atoms with Gasteiger partial charge in [-0.3, -0.25) is 20.0 Å². The molecule has 2 saturated heterocycles. The van der Waals surface area contributed by atoms with Gasteiger partial charge in [0.05, 0.1) is 31.0 Å². The molecule has 1 N–H and O–H groups in total. The molecule has 0 radical (unpaired) electrons. The van der Waals surface area contributed by atoms with Crippen LogP contribution in [0.15, 0.2) is 78.5 Å². The highest BCUT2D eigenvalue weighted by Gasteiger charge is 2.43. The molecule has 2 aliphatic heterocycles. The van der Waals surface area contributed by atoms with Gasteiger partial charge < -0.3 is 9.64 Å². The van der Waals surface area contributed by atoms with Crippen molar-refractivity contribution in [2.24, 2.45) is 0 Å². The summed E-state index contributed by atoms with van der Waals surface area (Å²) in [5, 5.41) is 0. The van der Waals surface area contributed by atoms with Crippen molar-refractivity contribution in [2.45, 2.75) is 31.7 Å². The number of carbonyl (C=O) groups excluding carboxylic acids is 2. The number of likely N-dealkylation sites (tertiary alicyclic amines) is 1. The molecule has 7 nitrogen and oxygen atoms in total. The van der Waals surface area contributed by atoms with Crippen LogP contribution in [-0.2, 0) is 14.4 Å². The molecule has 35 heavy (non-hydrogen) atoms. The van der Waals surface area contributed by atoms with Crippen LogP contribution >= 0.6 is 0 Å². The summed E-state index contributed by atoms with van der Waals surface area (Å²) in [4.78, 5) is 34.7. The number of methoxy groups -OCH3 is 1. The molecular formula is C28H33N3O4. The minimum Gasteiger partial charge on any atom is -0.465 e. The highest BCUT2D eigenvalue weighted by Crippen LogP contribution is 2.43. The molecule has 1 unspecified atom stereocenters. The highest BCUT2D eigenvalue weighted by atomic mass is 16.6. The van der Waals surface area contributed by atoms with Crippen LogP contribution in [-0.4, -0.2) is 50.1 Å². The molecule has 2 aromatic carbocycles. The van der Waals surface area contributed by atoms with Crippen LogP contribution in [0.25, 0.3) is 0 Å². The van der Waals surface area contributed by atoms with Gasteiger partial charge in [-0.05, 0) is 68.3 Å². The van der Waals surface area contributed by atoms with Gasteiger partial charge in [0.15, 0.2) is 0 Å². The summed E-state index contributed by atoms with van der Waals surface area (Å²) in [5.41, 5.74) is 6.18. The van der Waals surface area contributed by atoms with Crippen LogP contribution < -0.4 is 10.4 Å². The maximum atomic E-state index is 13.2. The minimum absolute atomic E-state index is 0.113. The van der Waals surface area contributed by atoms with E-state index in [-0.39, 0.29) is 11.9 Å². The Morgan fingerprint density at radius 3 is 2.49 bits per heavy atom. The molecule has 2 aromatic rings. The van der Waals surface area contributed by atoms with Crippen LogP contribution in [0.2, 0.25) is 0 Å². The number of anilines is 1. The maximum absolute atomic E-state index is 13.2. The van der Waals surface area contributed by atoms with Gasteiger partial charge in [-0.1, -0.05) is 43.3 Å². The number of esters is 1. The first kappa shape index (κ1) is 24.7. The third-order valence-electron chi connectivity index (χ3n) is 6.40. The Labute approximate surface area is 207 Å². The number of nitrogens with one attached hydrogen (secondary N) is 1. The number of nitrogens with zero attached hydrogens (tertiary/aromatic N) is 2. The number of hydrogen-bond donors (Lipinski definition) is 1. The molecule has 2 heterocycles. The monoisotopic (exact) mass is 475 g/mol. The Kier molecular flexibility index (Phi) is 8.34. The van der Waals surface area contributed by atoms with E-state index in [0.717, 1.165) is 18.5 Å². The van der Waals surface area contributed by atoms with Crippen molar-refractivity contribution in [1.82, 2.24) is 10.4 Å². The van der Waals surface area contributed by atoms with E-state index >= 15 is 0 Å². The zero-order valence-electron chi connectivity index (χ0n) is 20.2. The number of carbonyl (C=O) groups is 2. The molecule has 0 bridgehead atoms. The third-order valence-corrected chi connectivity index (χ3v) is 6.40. The highest BCUT2D eigenvalue weighted by molar-refractivity contribution is 6.15. The standard InChI is InChI=1S/C28H33N3O4/c1-21(29-35-19-9-18-30-16-7-4-8-17-30)20-25-26(22-10-5-3-6-11-22)31(27(25)32)24-14-12-23(13-15-24)28(33)34-2/h3,5-6,10-15,20,26,29H,1,4,7-9,16-19H2,2H3. The average Bonchev–Trinajstić information content (AvgIpc) is 2.90. The fourth-order valence-corrected chi connectivity index (χ4v) is 4.60. The van der Waals surface area contributed by atoms with E-state index in [2.05, 4.69) is 17.0 Å². The van der Waals surface area contributed by atoms with Crippen molar-refractivity contribution in [1.29, 1.82) is 0 Å². The van der Waals surface area contributed by atoms with Crippen molar-refractivity contribution in [3.05, 3.63) is 89.6 Å². The lowest BCUT2D eigenvalue weighted by atomic mass is 9.86. The summed E-state index contributed by atoms with van der Waals surface area (Å²) in [6, 6.07) is 16.4. The third kappa shape index (κ3) is 5.99. The Bertz CT molecular complexity index is 1060. The lowest BCUT2D eigenvalue weighted by molar-refractivity contribution is -0.119. The summed E-state index contributed by atoms with van der Waals surface area (Å²) >= 11 is 0. The van der Waals surface area contributed by atoms with Crippen molar-refractivity contribution < 1.29 is 19.2 Å². The zero-order valence-corrected chi connectivity index (χ0v) is 20.2. The van der Waals surface area contributed by atoms with Crippen molar-refractivity contribution in [3.8, 4) is 0 Å². The number of allylic oxidation sites excluding steroid dienone is 1. The summed E-state index contributed by atoms with van der Waals surface area (Å²) < 4.78 is 4.77. The minimum atomic E-state index is -0.412. The molecule has 4 rings (SSSR count). The summed E-state index contributed by atoms with van der Waals surface area (Å²) in [5.74, 6) is -0.525. The van der Waals surface area contributed by atoms with E-state index in [1.165, 1.54) is 39.5 Å². The van der Waals surface area contributed by atoms with Crippen LogP contribution in [0.1, 0.15) is 47.6 Å². The first-order valence-corrected chi connectivity index (χ1v) is 12.2. The van der Waals surface area contributed by atoms with E-state index in [4.69, 9.17) is 9.57 Å². The van der Waals surface area contributed by atoms with Gasteiger partial charge in [0.1, 0.15) is 0 Å². The summed E-state index contributed by atoms with van der Waals surface area (Å²) in [7, 11) is 1.34. The maximum Gasteiger partial charge on any atom is 0.337 e. The van der Waals surface area contributed by atoms with Gasteiger partial charge in [0.2, 0.25) is 0 Å². The average molecular weight is 476 g/mol. The van der Waals surface area contributed by atoms with Gasteiger partial charge >= 0.3 is 5.97 Å². The number of benzene rings is 2. The number of amides is 1. The zero-order chi connectivity index (χ0) is 24.6. The number of hydroxylamine groups is 1. The predicted molar refractivity (Wildman–Crippen MR) is 136 cm³/mol. The molecule has 0 aromatic heterocycles. The first-order valence-electron chi connectivity index (χ1n) is 12.2. The molecule has 0 saturated carbocycles. The topological polar surface area (TPSA) is 71.1 Å². The molecule has 0 aliphatic carbocycles. The van der Waals surface area contributed by atoms with Crippen molar-refractivity contribution in [2.75, 3.05) is 38.3 Å². The number of hydrogen-bond acceptors (Lipinski definition) is 6. The SMILES string of the molecule is C=C(C=C1C(=O)N(c2ccc(C(=O)OC)cc2)C1c1ccccc1)NOCCCN1CCCCC1. The molecule has 1 atom stereocenters. The molecule has 184 valence electrons. The number of rotatable bonds is 10. The van der Waals surface area contributed by atoms with Gasteiger partial charge in [-0.2, -0.15) is 0 Å². The molecule has 2 fully saturated rings. The van der Waals surface area contributed by atoms with E-state index in [1.807, 2.05) is 30.3 Å². The largest absolute Gasteiger partial charge is 0.465 e.